The zero-order valence-electron chi connectivity index (χ0n) is 25.4. The Morgan fingerprint density at radius 2 is 1.73 bits per heavy atom. The van der Waals surface area contributed by atoms with Gasteiger partial charge in [0.15, 0.2) is 0 Å². The largest absolute Gasteiger partial charge is 0.457 e. The number of hydrogen-bond donors (Lipinski definition) is 1. The minimum absolute atomic E-state index is 0.114. The molecule has 3 aromatic heterocycles. The molecule has 0 fully saturated rings. The van der Waals surface area contributed by atoms with Crippen LogP contribution in [0.3, 0.4) is 0 Å². The molecule has 2 aromatic carbocycles. The van der Waals surface area contributed by atoms with E-state index in [1.807, 2.05) is 49.4 Å². The van der Waals surface area contributed by atoms with Crippen molar-refractivity contribution in [1.29, 1.82) is 0 Å². The van der Waals surface area contributed by atoms with Crippen LogP contribution in [0.2, 0.25) is 5.02 Å². The van der Waals surface area contributed by atoms with Crippen LogP contribution in [0.1, 0.15) is 56.4 Å². The molecular formula is C33H36ClN5O3S2. The molecule has 0 spiro atoms. The number of rotatable bonds is 11. The molecule has 1 unspecified atom stereocenters. The second-order valence-electron chi connectivity index (χ2n) is 11.5. The first-order valence-electron chi connectivity index (χ1n) is 14.4. The van der Waals surface area contributed by atoms with E-state index in [-0.39, 0.29) is 34.8 Å². The van der Waals surface area contributed by atoms with E-state index in [4.69, 9.17) is 21.3 Å². The van der Waals surface area contributed by atoms with Gasteiger partial charge in [-0.25, -0.2) is 18.1 Å². The smallest absolute Gasteiger partial charge is 0.317 e. The SMILES string of the molecule is Cc1cccc(COc2ncc3c(n2)c(SC(C)(C)C)c(CCNS(=O)(=O)c2ccccc2)n3C(C)c2ccc(Cl)cc2)n1. The molecule has 44 heavy (non-hydrogen) atoms. The topological polar surface area (TPSA) is 99.0 Å². The summed E-state index contributed by atoms with van der Waals surface area (Å²) in [6, 6.07) is 22.1. The van der Waals surface area contributed by atoms with Gasteiger partial charge in [-0.2, -0.15) is 4.98 Å². The lowest BCUT2D eigenvalue weighted by molar-refractivity contribution is 0.277. The zero-order valence-corrected chi connectivity index (χ0v) is 27.8. The maximum atomic E-state index is 13.1. The Balaban J connectivity index is 1.57. The Labute approximate surface area is 268 Å². The lowest BCUT2D eigenvalue weighted by Gasteiger charge is -2.22. The summed E-state index contributed by atoms with van der Waals surface area (Å²) in [4.78, 5) is 15.2. The van der Waals surface area contributed by atoms with Gasteiger partial charge >= 0.3 is 6.01 Å². The Hall–Kier alpha value is -3.44. The summed E-state index contributed by atoms with van der Waals surface area (Å²) >= 11 is 7.91. The van der Waals surface area contributed by atoms with Gasteiger partial charge in [-0.3, -0.25) is 4.98 Å². The first kappa shape index (κ1) is 32.0. The van der Waals surface area contributed by atoms with Gasteiger partial charge in [0, 0.05) is 34.1 Å². The van der Waals surface area contributed by atoms with E-state index in [1.54, 1.807) is 48.3 Å². The van der Waals surface area contributed by atoms with Crippen molar-refractivity contribution in [2.24, 2.45) is 0 Å². The fraction of sp³-hybridized carbons (Fsp3) is 0.303. The number of fused-ring (bicyclic) bond motifs is 1. The fourth-order valence-corrected chi connectivity index (χ4v) is 7.31. The Morgan fingerprint density at radius 3 is 2.41 bits per heavy atom. The van der Waals surface area contributed by atoms with Crippen molar-refractivity contribution in [2.75, 3.05) is 6.54 Å². The lowest BCUT2D eigenvalue weighted by atomic mass is 10.1. The molecule has 1 N–H and O–H groups in total. The van der Waals surface area contributed by atoms with Crippen LogP contribution in [0.25, 0.3) is 11.0 Å². The summed E-state index contributed by atoms with van der Waals surface area (Å²) < 4.78 is 37.0. The van der Waals surface area contributed by atoms with Gasteiger partial charge in [0.2, 0.25) is 10.0 Å². The predicted octanol–water partition coefficient (Wildman–Crippen LogP) is 7.39. The molecule has 11 heteroatoms. The van der Waals surface area contributed by atoms with Crippen molar-refractivity contribution in [3.63, 3.8) is 0 Å². The minimum atomic E-state index is -3.68. The number of benzene rings is 2. The molecule has 0 saturated heterocycles. The lowest BCUT2D eigenvalue weighted by Crippen LogP contribution is -2.27. The van der Waals surface area contributed by atoms with Crippen LogP contribution in [0.4, 0.5) is 0 Å². The first-order valence-corrected chi connectivity index (χ1v) is 17.0. The number of sulfonamides is 1. The van der Waals surface area contributed by atoms with Crippen LogP contribution in [0.5, 0.6) is 6.01 Å². The van der Waals surface area contributed by atoms with Gasteiger partial charge in [0.1, 0.15) is 12.1 Å². The molecule has 0 saturated carbocycles. The number of halogens is 1. The number of pyridine rings is 1. The number of aryl methyl sites for hydroxylation is 1. The van der Waals surface area contributed by atoms with Gasteiger partial charge < -0.3 is 9.30 Å². The highest BCUT2D eigenvalue weighted by Gasteiger charge is 2.27. The minimum Gasteiger partial charge on any atom is -0.457 e. The quantitative estimate of drug-likeness (QED) is 0.149. The number of ether oxygens (including phenoxy) is 1. The molecule has 5 aromatic rings. The van der Waals surface area contributed by atoms with Gasteiger partial charge in [0.05, 0.1) is 33.2 Å². The first-order chi connectivity index (χ1) is 20.9. The van der Waals surface area contributed by atoms with Crippen molar-refractivity contribution in [1.82, 2.24) is 24.2 Å². The molecular weight excluding hydrogens is 614 g/mol. The van der Waals surface area contributed by atoms with E-state index in [0.717, 1.165) is 38.6 Å². The highest BCUT2D eigenvalue weighted by atomic mass is 35.5. The Kier molecular flexibility index (Phi) is 9.65. The van der Waals surface area contributed by atoms with Crippen LogP contribution >= 0.6 is 23.4 Å². The maximum absolute atomic E-state index is 13.1. The standard InChI is InChI=1S/C33H36ClN5O3S2/c1-22-10-9-11-26(37-22)21-42-32-35-20-29-30(38-32)31(43-33(3,4)5)28(39(29)23(2)24-14-16-25(34)17-15-24)18-19-36-44(40,41)27-12-7-6-8-13-27/h6-17,20,23,36H,18-19,21H2,1-5H3. The van der Waals surface area contributed by atoms with E-state index in [0.29, 0.717) is 11.4 Å². The third kappa shape index (κ3) is 7.61. The third-order valence-electron chi connectivity index (χ3n) is 6.93. The summed E-state index contributed by atoms with van der Waals surface area (Å²) in [6.45, 7) is 10.9. The number of hydrogen-bond acceptors (Lipinski definition) is 7. The van der Waals surface area contributed by atoms with Crippen LogP contribution < -0.4 is 9.46 Å². The maximum Gasteiger partial charge on any atom is 0.317 e. The van der Waals surface area contributed by atoms with Crippen molar-refractivity contribution >= 4 is 44.4 Å². The van der Waals surface area contributed by atoms with Crippen LogP contribution in [0, 0.1) is 6.92 Å². The highest BCUT2D eigenvalue weighted by Crippen LogP contribution is 2.42. The third-order valence-corrected chi connectivity index (χ3v) is 9.90. The molecule has 0 amide bonds. The van der Waals surface area contributed by atoms with Crippen molar-refractivity contribution in [2.45, 2.75) is 68.2 Å². The summed E-state index contributed by atoms with van der Waals surface area (Å²) in [7, 11) is -3.68. The molecule has 0 bridgehead atoms. The Bertz CT molecular complexity index is 1850. The number of nitrogens with zero attached hydrogens (tertiary/aromatic N) is 4. The van der Waals surface area contributed by atoms with Crippen molar-refractivity contribution in [3.8, 4) is 6.01 Å². The summed E-state index contributed by atoms with van der Waals surface area (Å²) in [5.41, 5.74) is 5.31. The fourth-order valence-electron chi connectivity index (χ4n) is 4.95. The normalized spacial score (nSPS) is 12.9. The molecule has 0 radical (unpaired) electrons. The van der Waals surface area contributed by atoms with Gasteiger partial charge in [-0.05, 0) is 55.8 Å². The van der Waals surface area contributed by atoms with Gasteiger partial charge in [-0.15, -0.1) is 11.8 Å². The number of nitrogens with one attached hydrogen (secondary N) is 1. The average molecular weight is 650 g/mol. The van der Waals surface area contributed by atoms with E-state index in [9.17, 15) is 8.42 Å². The second-order valence-corrected chi connectivity index (χ2v) is 15.5. The Morgan fingerprint density at radius 1 is 1.00 bits per heavy atom. The molecule has 3 heterocycles. The zero-order chi connectivity index (χ0) is 31.5. The van der Waals surface area contributed by atoms with Crippen LogP contribution in [-0.4, -0.2) is 39.2 Å². The van der Waals surface area contributed by atoms with Crippen LogP contribution in [-0.2, 0) is 23.1 Å². The molecule has 0 aliphatic carbocycles. The summed E-state index contributed by atoms with van der Waals surface area (Å²) in [5.74, 6) is 0. The van der Waals surface area contributed by atoms with Gasteiger partial charge in [-0.1, -0.05) is 68.8 Å². The average Bonchev–Trinajstić information content (AvgIpc) is 3.27. The molecule has 8 nitrogen and oxygen atoms in total. The number of aromatic nitrogens is 4. The molecule has 0 aliphatic rings. The van der Waals surface area contributed by atoms with E-state index < -0.39 is 10.0 Å². The highest BCUT2D eigenvalue weighted by molar-refractivity contribution is 8.00. The van der Waals surface area contributed by atoms with Crippen LogP contribution in [0.15, 0.2) is 88.8 Å². The summed E-state index contributed by atoms with van der Waals surface area (Å²) in [6.07, 6.45) is 2.22. The van der Waals surface area contributed by atoms with E-state index in [2.05, 4.69) is 47.0 Å². The van der Waals surface area contributed by atoms with Crippen molar-refractivity contribution in [3.05, 3.63) is 107 Å². The van der Waals surface area contributed by atoms with Gasteiger partial charge in [0.25, 0.3) is 0 Å². The molecule has 0 aliphatic heterocycles. The van der Waals surface area contributed by atoms with E-state index in [1.165, 1.54) is 0 Å². The van der Waals surface area contributed by atoms with E-state index >= 15 is 0 Å². The second kappa shape index (κ2) is 13.3. The molecule has 230 valence electrons. The van der Waals surface area contributed by atoms with Crippen molar-refractivity contribution < 1.29 is 13.2 Å². The number of thioether (sulfide) groups is 1. The predicted molar refractivity (Wildman–Crippen MR) is 177 cm³/mol. The summed E-state index contributed by atoms with van der Waals surface area (Å²) in [5, 5.41) is 0.658. The monoisotopic (exact) mass is 649 g/mol. The molecule has 1 atom stereocenters. The molecule has 5 rings (SSSR count).